The Hall–Kier alpha value is -2.19. The van der Waals surface area contributed by atoms with Crippen LogP contribution < -0.4 is 0 Å². The summed E-state index contributed by atoms with van der Waals surface area (Å²) in [4.78, 5) is 4.14. The molecule has 0 saturated heterocycles. The van der Waals surface area contributed by atoms with Gasteiger partial charge in [-0.05, 0) is 34.1 Å². The average Bonchev–Trinajstić information content (AvgIpc) is 2.53. The molecule has 2 nitrogen and oxygen atoms in total. The molecule has 0 amide bonds. The van der Waals surface area contributed by atoms with Gasteiger partial charge in [0.25, 0.3) is 0 Å². The lowest BCUT2D eigenvalue weighted by atomic mass is 9.94. The number of hydrogen-bond acceptors (Lipinski definition) is 2. The number of fused-ring (bicyclic) bond motifs is 1. The van der Waals surface area contributed by atoms with Crippen molar-refractivity contribution in [2.75, 3.05) is 0 Å². The molecule has 0 spiro atoms. The lowest BCUT2D eigenvalue weighted by Crippen LogP contribution is -2.01. The van der Waals surface area contributed by atoms with Crippen LogP contribution in [0.15, 0.2) is 60.9 Å². The first kappa shape index (κ1) is 13.8. The molecule has 2 heteroatoms. The van der Waals surface area contributed by atoms with Gasteiger partial charge in [-0.3, -0.25) is 4.98 Å². The smallest absolute Gasteiger partial charge is 0.105 e. The van der Waals surface area contributed by atoms with Gasteiger partial charge in [0.05, 0.1) is 0 Å². The molecule has 1 aromatic heterocycles. The molecule has 0 aliphatic rings. The number of pyridine rings is 1. The summed E-state index contributed by atoms with van der Waals surface area (Å²) in [5.41, 5.74) is 3.13. The molecular weight excluding hydrogens is 258 g/mol. The Balaban J connectivity index is 2.02. The molecule has 21 heavy (non-hydrogen) atoms. The summed E-state index contributed by atoms with van der Waals surface area (Å²) >= 11 is 0. The summed E-state index contributed by atoms with van der Waals surface area (Å²) in [6.45, 7) is 4.34. The first-order valence-electron chi connectivity index (χ1n) is 7.27. The van der Waals surface area contributed by atoms with Gasteiger partial charge in [0, 0.05) is 17.8 Å². The Bertz CT molecular complexity index is 742. The number of rotatable bonds is 3. The molecule has 1 atom stereocenters. The molecule has 0 bridgehead atoms. The Morgan fingerprint density at radius 2 is 1.62 bits per heavy atom. The summed E-state index contributed by atoms with van der Waals surface area (Å²) in [5.74, 6) is 0.500. The number of aliphatic hydroxyl groups is 1. The number of hydrogen-bond donors (Lipinski definition) is 1. The fourth-order valence-corrected chi connectivity index (χ4v) is 2.63. The van der Waals surface area contributed by atoms with Gasteiger partial charge in [0.1, 0.15) is 6.10 Å². The largest absolute Gasteiger partial charge is 0.384 e. The van der Waals surface area contributed by atoms with Crippen LogP contribution >= 0.6 is 0 Å². The van der Waals surface area contributed by atoms with Crippen LogP contribution in [0.2, 0.25) is 0 Å². The first-order chi connectivity index (χ1) is 10.2. The maximum Gasteiger partial charge on any atom is 0.105 e. The van der Waals surface area contributed by atoms with Crippen LogP contribution in [0.1, 0.15) is 42.6 Å². The van der Waals surface area contributed by atoms with E-state index < -0.39 is 6.10 Å². The zero-order chi connectivity index (χ0) is 14.8. The van der Waals surface area contributed by atoms with E-state index in [0.717, 1.165) is 21.9 Å². The van der Waals surface area contributed by atoms with Crippen molar-refractivity contribution in [3.8, 4) is 0 Å². The minimum atomic E-state index is -0.614. The number of benzene rings is 2. The summed E-state index contributed by atoms with van der Waals surface area (Å²) in [7, 11) is 0. The van der Waals surface area contributed by atoms with E-state index in [-0.39, 0.29) is 0 Å². The average molecular weight is 277 g/mol. The van der Waals surface area contributed by atoms with Crippen molar-refractivity contribution in [2.45, 2.75) is 25.9 Å². The van der Waals surface area contributed by atoms with Crippen molar-refractivity contribution in [1.82, 2.24) is 4.98 Å². The van der Waals surface area contributed by atoms with Gasteiger partial charge >= 0.3 is 0 Å². The quantitative estimate of drug-likeness (QED) is 0.767. The van der Waals surface area contributed by atoms with Crippen molar-refractivity contribution >= 4 is 10.8 Å². The van der Waals surface area contributed by atoms with Gasteiger partial charge in [-0.1, -0.05) is 56.3 Å². The maximum absolute atomic E-state index is 10.7. The minimum Gasteiger partial charge on any atom is -0.384 e. The number of aliphatic hydroxyl groups excluding tert-OH is 1. The molecule has 1 heterocycles. The Morgan fingerprint density at radius 1 is 0.905 bits per heavy atom. The molecule has 0 fully saturated rings. The van der Waals surface area contributed by atoms with Gasteiger partial charge in [-0.2, -0.15) is 0 Å². The third-order valence-corrected chi connectivity index (χ3v) is 3.93. The second-order valence-corrected chi connectivity index (χ2v) is 5.67. The molecule has 3 aromatic rings. The zero-order valence-electron chi connectivity index (χ0n) is 12.3. The van der Waals surface area contributed by atoms with Gasteiger partial charge < -0.3 is 5.11 Å². The molecule has 0 radical (unpaired) electrons. The normalized spacial score (nSPS) is 12.8. The van der Waals surface area contributed by atoms with E-state index in [1.165, 1.54) is 5.56 Å². The molecule has 3 rings (SSSR count). The van der Waals surface area contributed by atoms with Crippen molar-refractivity contribution < 1.29 is 5.11 Å². The second kappa shape index (κ2) is 5.66. The third kappa shape index (κ3) is 2.67. The van der Waals surface area contributed by atoms with Crippen LogP contribution in [0.4, 0.5) is 0 Å². The fraction of sp³-hybridized carbons (Fsp3) is 0.211. The summed E-state index contributed by atoms with van der Waals surface area (Å²) in [6.07, 6.45) is 2.98. The monoisotopic (exact) mass is 277 g/mol. The molecular formula is C19H19NO. The van der Waals surface area contributed by atoms with Crippen LogP contribution in [-0.2, 0) is 0 Å². The number of nitrogens with zero attached hydrogens (tertiary/aromatic N) is 1. The van der Waals surface area contributed by atoms with E-state index >= 15 is 0 Å². The van der Waals surface area contributed by atoms with E-state index in [2.05, 4.69) is 31.0 Å². The Labute approximate surface area is 125 Å². The van der Waals surface area contributed by atoms with Crippen molar-refractivity contribution in [3.05, 3.63) is 77.6 Å². The van der Waals surface area contributed by atoms with Gasteiger partial charge in [-0.15, -0.1) is 0 Å². The van der Waals surface area contributed by atoms with Gasteiger partial charge in [0.15, 0.2) is 0 Å². The zero-order valence-corrected chi connectivity index (χ0v) is 12.3. The highest BCUT2D eigenvalue weighted by atomic mass is 16.3. The Morgan fingerprint density at radius 3 is 2.33 bits per heavy atom. The summed E-state index contributed by atoms with van der Waals surface area (Å²) < 4.78 is 0. The Kier molecular flexibility index (Phi) is 3.72. The fourth-order valence-electron chi connectivity index (χ4n) is 2.63. The molecule has 1 unspecified atom stereocenters. The summed E-state index contributed by atoms with van der Waals surface area (Å²) in [5, 5.41) is 12.8. The summed E-state index contributed by atoms with van der Waals surface area (Å²) in [6, 6.07) is 16.1. The predicted molar refractivity (Wildman–Crippen MR) is 86.3 cm³/mol. The van der Waals surface area contributed by atoms with E-state index in [9.17, 15) is 5.11 Å². The molecule has 106 valence electrons. The van der Waals surface area contributed by atoms with E-state index in [1.807, 2.05) is 42.6 Å². The molecule has 2 aromatic carbocycles. The standard InChI is InChI=1S/C19H19NO/c1-13(2)14-6-8-15(9-7-14)19(21)18-5-3-4-16-12-20-11-10-17(16)18/h3-13,19,21H,1-2H3. The van der Waals surface area contributed by atoms with Crippen LogP contribution in [0.25, 0.3) is 10.8 Å². The second-order valence-electron chi connectivity index (χ2n) is 5.67. The van der Waals surface area contributed by atoms with Crippen LogP contribution in [-0.4, -0.2) is 10.1 Å². The SMILES string of the molecule is CC(C)c1ccc(C(O)c2cccc3cnccc23)cc1. The first-order valence-corrected chi connectivity index (χ1v) is 7.27. The van der Waals surface area contributed by atoms with Gasteiger partial charge in [-0.25, -0.2) is 0 Å². The third-order valence-electron chi connectivity index (χ3n) is 3.93. The highest BCUT2D eigenvalue weighted by Crippen LogP contribution is 2.29. The minimum absolute atomic E-state index is 0.500. The van der Waals surface area contributed by atoms with Crippen LogP contribution in [0, 0.1) is 0 Å². The molecule has 0 saturated carbocycles. The van der Waals surface area contributed by atoms with E-state index in [0.29, 0.717) is 5.92 Å². The van der Waals surface area contributed by atoms with Gasteiger partial charge in [0.2, 0.25) is 0 Å². The van der Waals surface area contributed by atoms with E-state index in [1.54, 1.807) is 6.20 Å². The van der Waals surface area contributed by atoms with Crippen LogP contribution in [0.5, 0.6) is 0 Å². The topological polar surface area (TPSA) is 33.1 Å². The maximum atomic E-state index is 10.7. The lowest BCUT2D eigenvalue weighted by Gasteiger charge is -2.15. The highest BCUT2D eigenvalue weighted by Gasteiger charge is 2.13. The van der Waals surface area contributed by atoms with Crippen molar-refractivity contribution in [3.63, 3.8) is 0 Å². The lowest BCUT2D eigenvalue weighted by molar-refractivity contribution is 0.222. The van der Waals surface area contributed by atoms with Crippen molar-refractivity contribution in [1.29, 1.82) is 0 Å². The highest BCUT2D eigenvalue weighted by molar-refractivity contribution is 5.85. The van der Waals surface area contributed by atoms with Crippen LogP contribution in [0.3, 0.4) is 0 Å². The molecule has 0 aliphatic heterocycles. The molecule has 0 aliphatic carbocycles. The number of aromatic nitrogens is 1. The predicted octanol–water partition coefficient (Wildman–Crippen LogP) is 4.44. The van der Waals surface area contributed by atoms with Crippen molar-refractivity contribution in [2.24, 2.45) is 0 Å². The van der Waals surface area contributed by atoms with E-state index in [4.69, 9.17) is 0 Å². The molecule has 1 N–H and O–H groups in total.